The standard InChI is InChI=1S/C22H17NO4/c1-11-7-19(26-21(11)24)13-3-5-15-16-6-4-14(10-18(16)23-17(15)9-13)20-8-12(2)22(25)27-20/h3-6,9-10,19-20,23H,1-2,7-8H2. The average molecular weight is 359 g/mol. The number of rotatable bonds is 2. The first-order valence-corrected chi connectivity index (χ1v) is 8.82. The Morgan fingerprint density at radius 3 is 1.59 bits per heavy atom. The molecule has 1 N–H and O–H groups in total. The monoisotopic (exact) mass is 359 g/mol. The minimum absolute atomic E-state index is 0.278. The topological polar surface area (TPSA) is 68.4 Å². The highest BCUT2D eigenvalue weighted by molar-refractivity contribution is 6.07. The molecule has 0 aliphatic carbocycles. The van der Waals surface area contributed by atoms with Crippen molar-refractivity contribution in [2.75, 3.05) is 0 Å². The fourth-order valence-electron chi connectivity index (χ4n) is 3.84. The van der Waals surface area contributed by atoms with Crippen LogP contribution in [0, 0.1) is 0 Å². The Balaban J connectivity index is 1.54. The number of benzene rings is 2. The van der Waals surface area contributed by atoms with E-state index < -0.39 is 0 Å². The molecule has 27 heavy (non-hydrogen) atoms. The van der Waals surface area contributed by atoms with Crippen LogP contribution in [0.2, 0.25) is 0 Å². The van der Waals surface area contributed by atoms with E-state index >= 15 is 0 Å². The van der Waals surface area contributed by atoms with Gasteiger partial charge in [-0.25, -0.2) is 9.59 Å². The predicted molar refractivity (Wildman–Crippen MR) is 101 cm³/mol. The summed E-state index contributed by atoms with van der Waals surface area (Å²) in [6.45, 7) is 7.48. The third-order valence-electron chi connectivity index (χ3n) is 5.33. The number of aromatic amines is 1. The van der Waals surface area contributed by atoms with Crippen molar-refractivity contribution in [2.45, 2.75) is 25.0 Å². The molecule has 0 radical (unpaired) electrons. The second-order valence-electron chi connectivity index (χ2n) is 7.14. The first-order valence-electron chi connectivity index (χ1n) is 8.82. The molecule has 0 spiro atoms. The lowest BCUT2D eigenvalue weighted by Gasteiger charge is -2.09. The molecular formula is C22H17NO4. The number of H-pyrrole nitrogens is 1. The minimum Gasteiger partial charge on any atom is -0.454 e. The largest absolute Gasteiger partial charge is 0.454 e. The van der Waals surface area contributed by atoms with Crippen molar-refractivity contribution >= 4 is 33.7 Å². The van der Waals surface area contributed by atoms with E-state index in [1.54, 1.807) is 0 Å². The van der Waals surface area contributed by atoms with Gasteiger partial charge in [0, 0.05) is 45.8 Å². The molecule has 2 aliphatic rings. The van der Waals surface area contributed by atoms with E-state index in [4.69, 9.17) is 9.47 Å². The lowest BCUT2D eigenvalue weighted by atomic mass is 10.0. The second-order valence-corrected chi connectivity index (χ2v) is 7.14. The smallest absolute Gasteiger partial charge is 0.334 e. The van der Waals surface area contributed by atoms with Gasteiger partial charge in [-0.05, 0) is 23.3 Å². The van der Waals surface area contributed by atoms with E-state index in [0.29, 0.717) is 24.0 Å². The number of hydrogen-bond donors (Lipinski definition) is 1. The summed E-state index contributed by atoms with van der Waals surface area (Å²) in [5, 5.41) is 2.19. The van der Waals surface area contributed by atoms with Gasteiger partial charge in [0.15, 0.2) is 0 Å². The molecule has 2 aliphatic heterocycles. The Morgan fingerprint density at radius 1 is 0.778 bits per heavy atom. The molecule has 0 amide bonds. The van der Waals surface area contributed by atoms with Crippen LogP contribution < -0.4 is 0 Å². The molecule has 5 rings (SSSR count). The highest BCUT2D eigenvalue weighted by atomic mass is 16.6. The van der Waals surface area contributed by atoms with Crippen molar-refractivity contribution in [3.05, 3.63) is 71.8 Å². The Labute approximate surface area is 155 Å². The highest BCUT2D eigenvalue weighted by Gasteiger charge is 2.30. The molecule has 0 saturated carbocycles. The summed E-state index contributed by atoms with van der Waals surface area (Å²) in [7, 11) is 0. The number of carbonyl (C=O) groups excluding carboxylic acids is 2. The van der Waals surface area contributed by atoms with Crippen molar-refractivity contribution in [1.29, 1.82) is 0 Å². The summed E-state index contributed by atoms with van der Waals surface area (Å²) in [6.07, 6.45) is 0.484. The van der Waals surface area contributed by atoms with Gasteiger partial charge in [0.05, 0.1) is 0 Å². The lowest BCUT2D eigenvalue weighted by molar-refractivity contribution is -0.140. The predicted octanol–water partition coefficient (Wildman–Crippen LogP) is 4.41. The van der Waals surface area contributed by atoms with E-state index in [9.17, 15) is 9.59 Å². The minimum atomic E-state index is -0.325. The third kappa shape index (κ3) is 2.46. The Hall–Kier alpha value is -3.34. The van der Waals surface area contributed by atoms with E-state index in [0.717, 1.165) is 32.9 Å². The van der Waals surface area contributed by atoms with Gasteiger partial charge in [0.2, 0.25) is 0 Å². The maximum Gasteiger partial charge on any atom is 0.334 e. The molecule has 2 aromatic carbocycles. The van der Waals surface area contributed by atoms with Gasteiger partial charge in [0.1, 0.15) is 12.2 Å². The maximum atomic E-state index is 11.6. The third-order valence-corrected chi connectivity index (χ3v) is 5.33. The SMILES string of the molecule is C=C1CC(c2ccc3c(c2)[nH]c2cc(C4CC(=C)C(=O)O4)ccc23)OC1=O. The Bertz CT molecular complexity index is 1050. The summed E-state index contributed by atoms with van der Waals surface area (Å²) in [6, 6.07) is 12.1. The Kier molecular flexibility index (Phi) is 3.28. The van der Waals surface area contributed by atoms with Crippen LogP contribution in [-0.4, -0.2) is 16.9 Å². The quantitative estimate of drug-likeness (QED) is 0.544. The number of ether oxygens (including phenoxy) is 2. The van der Waals surface area contributed by atoms with E-state index in [1.807, 2.05) is 36.4 Å². The van der Waals surface area contributed by atoms with Crippen LogP contribution in [0.25, 0.3) is 21.8 Å². The molecule has 3 heterocycles. The summed E-state index contributed by atoms with van der Waals surface area (Å²) in [5.74, 6) is -0.650. The number of fused-ring (bicyclic) bond motifs is 3. The number of hydrogen-bond acceptors (Lipinski definition) is 4. The molecule has 134 valence electrons. The van der Waals surface area contributed by atoms with Gasteiger partial charge in [-0.15, -0.1) is 0 Å². The van der Waals surface area contributed by atoms with E-state index in [2.05, 4.69) is 18.1 Å². The van der Waals surface area contributed by atoms with Gasteiger partial charge in [0.25, 0.3) is 0 Å². The molecule has 2 fully saturated rings. The Morgan fingerprint density at radius 2 is 1.22 bits per heavy atom. The molecule has 3 aromatic rings. The van der Waals surface area contributed by atoms with Crippen molar-refractivity contribution in [3.63, 3.8) is 0 Å². The van der Waals surface area contributed by atoms with Crippen LogP contribution in [0.15, 0.2) is 60.7 Å². The van der Waals surface area contributed by atoms with Gasteiger partial charge >= 0.3 is 11.9 Å². The van der Waals surface area contributed by atoms with Gasteiger partial charge in [-0.2, -0.15) is 0 Å². The first kappa shape index (κ1) is 15.9. The maximum absolute atomic E-state index is 11.6. The molecule has 0 bridgehead atoms. The van der Waals surface area contributed by atoms with Crippen LogP contribution >= 0.6 is 0 Å². The summed E-state index contributed by atoms with van der Waals surface area (Å²) in [4.78, 5) is 26.6. The zero-order valence-corrected chi connectivity index (χ0v) is 14.6. The average Bonchev–Trinajstić information content (AvgIpc) is 3.30. The molecule has 2 atom stereocenters. The highest BCUT2D eigenvalue weighted by Crippen LogP contribution is 2.37. The molecule has 2 unspecified atom stereocenters. The normalized spacial score (nSPS) is 22.7. The van der Waals surface area contributed by atoms with E-state index in [1.165, 1.54) is 0 Å². The molecule has 2 saturated heterocycles. The number of nitrogens with one attached hydrogen (secondary N) is 1. The number of carbonyl (C=O) groups is 2. The number of aromatic nitrogens is 1. The molecular weight excluding hydrogens is 342 g/mol. The van der Waals surface area contributed by atoms with Crippen molar-refractivity contribution in [2.24, 2.45) is 0 Å². The summed E-state index contributed by atoms with van der Waals surface area (Å²) in [5.41, 5.74) is 4.86. The number of esters is 2. The number of cyclic esters (lactones) is 2. The fraction of sp³-hybridized carbons (Fsp3) is 0.182. The lowest BCUT2D eigenvalue weighted by Crippen LogP contribution is -1.98. The van der Waals surface area contributed by atoms with Crippen LogP contribution in [0.4, 0.5) is 0 Å². The van der Waals surface area contributed by atoms with Crippen molar-refractivity contribution in [1.82, 2.24) is 4.98 Å². The van der Waals surface area contributed by atoms with Gasteiger partial charge in [-0.1, -0.05) is 37.4 Å². The summed E-state index contributed by atoms with van der Waals surface area (Å²) >= 11 is 0. The zero-order chi connectivity index (χ0) is 18.7. The van der Waals surface area contributed by atoms with Crippen molar-refractivity contribution in [3.8, 4) is 0 Å². The fourth-order valence-corrected chi connectivity index (χ4v) is 3.84. The zero-order valence-electron chi connectivity index (χ0n) is 14.6. The van der Waals surface area contributed by atoms with Crippen LogP contribution in [-0.2, 0) is 19.1 Å². The second kappa shape index (κ2) is 5.58. The van der Waals surface area contributed by atoms with Crippen LogP contribution in [0.1, 0.15) is 36.2 Å². The van der Waals surface area contributed by atoms with Crippen LogP contribution in [0.5, 0.6) is 0 Å². The van der Waals surface area contributed by atoms with E-state index in [-0.39, 0.29) is 24.1 Å². The van der Waals surface area contributed by atoms with Gasteiger partial charge < -0.3 is 14.5 Å². The molecule has 5 heteroatoms. The van der Waals surface area contributed by atoms with Crippen molar-refractivity contribution < 1.29 is 19.1 Å². The first-order chi connectivity index (χ1) is 13.0. The molecule has 1 aromatic heterocycles. The summed E-state index contributed by atoms with van der Waals surface area (Å²) < 4.78 is 10.8. The molecule has 5 nitrogen and oxygen atoms in total. The van der Waals surface area contributed by atoms with Crippen LogP contribution in [0.3, 0.4) is 0 Å². The van der Waals surface area contributed by atoms with Gasteiger partial charge in [-0.3, -0.25) is 0 Å².